The van der Waals surface area contributed by atoms with Crippen LogP contribution in [0.3, 0.4) is 0 Å². The fourth-order valence-corrected chi connectivity index (χ4v) is 0.564. The molecule has 84 valence electrons. The van der Waals surface area contributed by atoms with Gasteiger partial charge in [-0.25, -0.2) is 14.4 Å². The predicted molar refractivity (Wildman–Crippen MR) is 40.8 cm³/mol. The number of nitrogens with two attached hydrogens (primary N) is 1. The molecule has 0 aromatic rings. The average molecular weight is 221 g/mol. The molecular weight excluding hydrogens is 214 g/mol. The Balaban J connectivity index is 4.07. The molecule has 4 N–H and O–H groups in total. The smallest absolute Gasteiger partial charge is 0.449 e. The second kappa shape index (κ2) is 5.54. The lowest BCUT2D eigenvalue weighted by Crippen LogP contribution is -2.36. The number of esters is 2. The maximum Gasteiger partial charge on any atom is 0.513 e. The van der Waals surface area contributed by atoms with E-state index in [1.54, 1.807) is 0 Å². The summed E-state index contributed by atoms with van der Waals surface area (Å²) < 4.78 is 7.23. The third kappa shape index (κ3) is 5.99. The number of carboxylic acid groups (broad SMARTS) is 2. The first-order valence-electron chi connectivity index (χ1n) is 3.46. The summed E-state index contributed by atoms with van der Waals surface area (Å²) in [4.78, 5) is 41.0. The second-order valence-corrected chi connectivity index (χ2v) is 2.24. The summed E-state index contributed by atoms with van der Waals surface area (Å²) in [5.41, 5.74) is 5.01. The minimum Gasteiger partial charge on any atom is -0.449 e. The Labute approximate surface area is 82.4 Å². The van der Waals surface area contributed by atoms with Gasteiger partial charge in [0.15, 0.2) is 0 Å². The van der Waals surface area contributed by atoms with Crippen LogP contribution in [0.1, 0.15) is 6.42 Å². The minimum absolute atomic E-state index is 0.793. The van der Waals surface area contributed by atoms with E-state index in [1.165, 1.54) is 0 Å². The van der Waals surface area contributed by atoms with Crippen LogP contribution in [0.15, 0.2) is 0 Å². The third-order valence-electron chi connectivity index (χ3n) is 1.08. The summed E-state index contributed by atoms with van der Waals surface area (Å²) in [5, 5.41) is 16.0. The van der Waals surface area contributed by atoms with E-state index >= 15 is 0 Å². The highest BCUT2D eigenvalue weighted by atomic mass is 16.7. The Morgan fingerprint density at radius 3 is 1.93 bits per heavy atom. The third-order valence-corrected chi connectivity index (χ3v) is 1.08. The summed E-state index contributed by atoms with van der Waals surface area (Å²) in [6.45, 7) is 0. The van der Waals surface area contributed by atoms with Crippen LogP contribution in [-0.4, -0.2) is 40.5 Å². The van der Waals surface area contributed by atoms with Crippen molar-refractivity contribution in [3.63, 3.8) is 0 Å². The van der Waals surface area contributed by atoms with Crippen molar-refractivity contribution in [3.05, 3.63) is 0 Å². The van der Waals surface area contributed by atoms with Crippen LogP contribution in [0.2, 0.25) is 0 Å². The first kappa shape index (κ1) is 12.8. The molecule has 1 atom stereocenters. The van der Waals surface area contributed by atoms with Crippen molar-refractivity contribution in [2.75, 3.05) is 0 Å². The summed E-state index contributed by atoms with van der Waals surface area (Å²) in [6.07, 6.45) is -4.51. The van der Waals surface area contributed by atoms with E-state index in [1.807, 2.05) is 0 Å². The molecule has 0 bridgehead atoms. The van der Waals surface area contributed by atoms with Gasteiger partial charge < -0.3 is 25.4 Å². The molecule has 0 saturated carbocycles. The lowest BCUT2D eigenvalue weighted by atomic mass is 10.2. The van der Waals surface area contributed by atoms with E-state index in [4.69, 9.17) is 15.9 Å². The van der Waals surface area contributed by atoms with Gasteiger partial charge in [0.2, 0.25) is 0 Å². The molecule has 0 aliphatic heterocycles. The molecule has 0 aromatic heterocycles. The van der Waals surface area contributed by atoms with Crippen LogP contribution in [0.4, 0.5) is 9.59 Å². The van der Waals surface area contributed by atoms with Crippen LogP contribution in [0.5, 0.6) is 0 Å². The minimum atomic E-state index is -1.87. The van der Waals surface area contributed by atoms with Crippen LogP contribution in [0, 0.1) is 0 Å². The van der Waals surface area contributed by atoms with E-state index in [0.717, 1.165) is 0 Å². The molecule has 15 heavy (non-hydrogen) atoms. The molecule has 9 heteroatoms. The zero-order valence-corrected chi connectivity index (χ0v) is 7.21. The highest BCUT2D eigenvalue weighted by Crippen LogP contribution is 1.96. The van der Waals surface area contributed by atoms with E-state index in [-0.39, 0.29) is 0 Å². The summed E-state index contributed by atoms with van der Waals surface area (Å²) in [7, 11) is 0. The second-order valence-electron chi connectivity index (χ2n) is 2.24. The number of carbonyl (C=O) groups excluding carboxylic acids is 2. The fourth-order valence-electron chi connectivity index (χ4n) is 0.564. The number of carbonyl (C=O) groups is 4. The van der Waals surface area contributed by atoms with Gasteiger partial charge >= 0.3 is 24.2 Å². The van der Waals surface area contributed by atoms with Crippen molar-refractivity contribution in [1.82, 2.24) is 0 Å². The standard InChI is InChI=1S/C6H7NO8/c7-2(4(9)15-6(12)13)1-3(8)14-5(10)11/h2H,1,7H2,(H,10,11)(H,12,13)/t2-/m0/s1. The molecule has 0 amide bonds. The van der Waals surface area contributed by atoms with Crippen molar-refractivity contribution in [2.24, 2.45) is 5.73 Å². The number of hydrogen-bond acceptors (Lipinski definition) is 7. The quantitative estimate of drug-likeness (QED) is 0.408. The monoisotopic (exact) mass is 221 g/mol. The van der Waals surface area contributed by atoms with Crippen molar-refractivity contribution in [3.8, 4) is 0 Å². The average Bonchev–Trinajstić information content (AvgIpc) is 2.00. The highest BCUT2D eigenvalue weighted by molar-refractivity contribution is 5.89. The molecule has 0 rings (SSSR count). The van der Waals surface area contributed by atoms with Crippen molar-refractivity contribution in [2.45, 2.75) is 12.5 Å². The van der Waals surface area contributed by atoms with E-state index in [2.05, 4.69) is 9.47 Å². The van der Waals surface area contributed by atoms with Gasteiger partial charge in [-0.1, -0.05) is 0 Å². The summed E-state index contributed by atoms with van der Waals surface area (Å²) in [6, 6.07) is -1.59. The van der Waals surface area contributed by atoms with Crippen molar-refractivity contribution >= 4 is 24.2 Å². The molecule has 0 spiro atoms. The van der Waals surface area contributed by atoms with Crippen LogP contribution in [-0.2, 0) is 19.1 Å². The van der Waals surface area contributed by atoms with Crippen LogP contribution in [0.25, 0.3) is 0 Å². The van der Waals surface area contributed by atoms with E-state index in [9.17, 15) is 19.2 Å². The van der Waals surface area contributed by atoms with Gasteiger partial charge in [0.1, 0.15) is 6.04 Å². The maximum absolute atomic E-state index is 10.7. The Bertz CT molecular complexity index is 298. The SMILES string of the molecule is N[C@@H](CC(=O)OC(=O)O)C(=O)OC(=O)O. The lowest BCUT2D eigenvalue weighted by molar-refractivity contribution is -0.147. The van der Waals surface area contributed by atoms with Crippen LogP contribution >= 0.6 is 0 Å². The molecule has 0 aliphatic rings. The molecule has 0 saturated heterocycles. The molecule has 0 fully saturated rings. The summed E-state index contributed by atoms with van der Waals surface area (Å²) >= 11 is 0. The van der Waals surface area contributed by atoms with Gasteiger partial charge in [-0.3, -0.25) is 4.79 Å². The molecule has 9 nitrogen and oxygen atoms in total. The predicted octanol–water partition coefficient (Wildman–Crippen LogP) is -0.854. The van der Waals surface area contributed by atoms with Gasteiger partial charge in [-0.15, -0.1) is 0 Å². The Morgan fingerprint density at radius 1 is 1.07 bits per heavy atom. The van der Waals surface area contributed by atoms with E-state index < -0.39 is 36.7 Å². The molecule has 0 aromatic carbocycles. The van der Waals surface area contributed by atoms with Gasteiger partial charge in [-0.05, 0) is 0 Å². The number of rotatable bonds is 3. The molecule has 0 heterocycles. The van der Waals surface area contributed by atoms with Gasteiger partial charge in [0, 0.05) is 0 Å². The fraction of sp³-hybridized carbons (Fsp3) is 0.333. The van der Waals surface area contributed by atoms with E-state index in [0.29, 0.717) is 0 Å². The lowest BCUT2D eigenvalue weighted by Gasteiger charge is -2.06. The summed E-state index contributed by atoms with van der Waals surface area (Å²) in [5.74, 6) is -2.65. The Kier molecular flexibility index (Phi) is 4.75. The Hall–Kier alpha value is -2.16. The van der Waals surface area contributed by atoms with Gasteiger partial charge in [-0.2, -0.15) is 0 Å². The zero-order chi connectivity index (χ0) is 12.0. The Morgan fingerprint density at radius 2 is 1.53 bits per heavy atom. The molecule has 0 radical (unpaired) electrons. The van der Waals surface area contributed by atoms with Gasteiger partial charge in [0.05, 0.1) is 6.42 Å². The number of ether oxygens (including phenoxy) is 2. The van der Waals surface area contributed by atoms with Crippen molar-refractivity contribution in [1.29, 1.82) is 0 Å². The van der Waals surface area contributed by atoms with Crippen LogP contribution < -0.4 is 5.73 Å². The zero-order valence-electron chi connectivity index (χ0n) is 7.21. The normalized spacial score (nSPS) is 11.3. The highest BCUT2D eigenvalue weighted by Gasteiger charge is 2.23. The molecule has 0 aliphatic carbocycles. The van der Waals surface area contributed by atoms with Gasteiger partial charge in [0.25, 0.3) is 0 Å². The first-order valence-corrected chi connectivity index (χ1v) is 3.46. The number of hydrogen-bond donors (Lipinski definition) is 3. The van der Waals surface area contributed by atoms with Crippen molar-refractivity contribution < 1.29 is 38.9 Å². The maximum atomic E-state index is 10.7. The molecular formula is C6H7NO8. The molecule has 0 unspecified atom stereocenters. The topological polar surface area (TPSA) is 153 Å². The first-order chi connectivity index (χ1) is 6.82. The largest absolute Gasteiger partial charge is 0.513 e.